The zero-order valence-electron chi connectivity index (χ0n) is 10.6. The van der Waals surface area contributed by atoms with Crippen molar-refractivity contribution >= 4 is 34.9 Å². The summed E-state index contributed by atoms with van der Waals surface area (Å²) in [6, 6.07) is 13.4. The van der Waals surface area contributed by atoms with E-state index in [1.165, 1.54) is 0 Å². The van der Waals surface area contributed by atoms with Gasteiger partial charge in [-0.3, -0.25) is 4.57 Å². The van der Waals surface area contributed by atoms with Crippen LogP contribution in [0.3, 0.4) is 0 Å². The Balaban J connectivity index is 2.44. The number of rotatable bonds is 1. The zero-order valence-corrected chi connectivity index (χ0v) is 12.2. The standard InChI is InChI=1S/C15H10ClN3S/c1-9-11(16)5-3-6-12(9)19-13-7-2-4-10(8-17)14(13)18-15(19)20/h2-7H,1H3,(H,18,20). The fraction of sp³-hybridized carbons (Fsp3) is 0.0667. The smallest absolute Gasteiger partial charge is 0.182 e. The first kappa shape index (κ1) is 12.9. The van der Waals surface area contributed by atoms with Gasteiger partial charge in [0.1, 0.15) is 6.07 Å². The molecule has 0 unspecified atom stereocenters. The molecule has 3 nitrogen and oxygen atoms in total. The van der Waals surface area contributed by atoms with E-state index in [4.69, 9.17) is 23.8 Å². The molecule has 1 aromatic heterocycles. The van der Waals surface area contributed by atoms with E-state index in [2.05, 4.69) is 11.1 Å². The van der Waals surface area contributed by atoms with Gasteiger partial charge in [0.25, 0.3) is 0 Å². The number of nitrogens with zero attached hydrogens (tertiary/aromatic N) is 2. The molecule has 0 fully saturated rings. The van der Waals surface area contributed by atoms with Gasteiger partial charge in [0.05, 0.1) is 22.3 Å². The molecule has 0 bridgehead atoms. The van der Waals surface area contributed by atoms with E-state index in [-0.39, 0.29) is 0 Å². The van der Waals surface area contributed by atoms with Crippen molar-refractivity contribution in [3.05, 3.63) is 57.3 Å². The lowest BCUT2D eigenvalue weighted by atomic mass is 10.1. The number of imidazole rings is 1. The van der Waals surface area contributed by atoms with E-state index in [1.54, 1.807) is 6.07 Å². The van der Waals surface area contributed by atoms with Gasteiger partial charge < -0.3 is 4.98 Å². The number of H-pyrrole nitrogens is 1. The Morgan fingerprint density at radius 3 is 2.75 bits per heavy atom. The summed E-state index contributed by atoms with van der Waals surface area (Å²) < 4.78 is 2.46. The summed E-state index contributed by atoms with van der Waals surface area (Å²) >= 11 is 11.6. The van der Waals surface area contributed by atoms with Crippen LogP contribution in [0.15, 0.2) is 36.4 Å². The molecule has 3 rings (SSSR count). The lowest BCUT2D eigenvalue weighted by Gasteiger charge is -2.09. The molecule has 98 valence electrons. The summed E-state index contributed by atoms with van der Waals surface area (Å²) in [5, 5.41) is 9.86. The number of aromatic nitrogens is 2. The molecule has 0 saturated heterocycles. The molecule has 0 aliphatic carbocycles. The minimum absolute atomic E-state index is 0.549. The van der Waals surface area contributed by atoms with Crippen LogP contribution in [-0.2, 0) is 0 Å². The minimum atomic E-state index is 0.549. The number of fused-ring (bicyclic) bond motifs is 1. The second-order valence-electron chi connectivity index (χ2n) is 4.46. The summed E-state index contributed by atoms with van der Waals surface area (Å²) in [5.41, 5.74) is 4.07. The predicted molar refractivity (Wildman–Crippen MR) is 82.9 cm³/mol. The van der Waals surface area contributed by atoms with E-state index in [0.29, 0.717) is 15.4 Å². The molecular formula is C15H10ClN3S. The fourth-order valence-electron chi connectivity index (χ4n) is 2.30. The topological polar surface area (TPSA) is 44.5 Å². The van der Waals surface area contributed by atoms with Crippen LogP contribution < -0.4 is 0 Å². The highest BCUT2D eigenvalue weighted by Gasteiger charge is 2.12. The summed E-state index contributed by atoms with van der Waals surface area (Å²) in [4.78, 5) is 3.10. The first-order chi connectivity index (χ1) is 9.63. The van der Waals surface area contributed by atoms with Crippen LogP contribution >= 0.6 is 23.8 Å². The van der Waals surface area contributed by atoms with Gasteiger partial charge in [0.2, 0.25) is 0 Å². The van der Waals surface area contributed by atoms with Crippen LogP contribution in [0, 0.1) is 23.0 Å². The molecule has 0 aliphatic heterocycles. The van der Waals surface area contributed by atoms with Crippen molar-refractivity contribution in [2.45, 2.75) is 6.92 Å². The molecule has 0 atom stereocenters. The molecule has 1 heterocycles. The predicted octanol–water partition coefficient (Wildman–Crippen LogP) is 4.52. The third-order valence-electron chi connectivity index (χ3n) is 3.32. The number of aromatic amines is 1. The number of para-hydroxylation sites is 1. The quantitative estimate of drug-likeness (QED) is 0.671. The van der Waals surface area contributed by atoms with Gasteiger partial charge in [-0.05, 0) is 49.0 Å². The van der Waals surface area contributed by atoms with Gasteiger partial charge in [0.15, 0.2) is 4.77 Å². The van der Waals surface area contributed by atoms with Crippen molar-refractivity contribution in [2.75, 3.05) is 0 Å². The number of benzene rings is 2. The molecule has 0 saturated carbocycles. The summed E-state index contributed by atoms with van der Waals surface area (Å²) in [6.07, 6.45) is 0. The van der Waals surface area contributed by atoms with E-state index in [0.717, 1.165) is 22.3 Å². The summed E-state index contributed by atoms with van der Waals surface area (Å²) in [5.74, 6) is 0. The second-order valence-corrected chi connectivity index (χ2v) is 5.25. The highest BCUT2D eigenvalue weighted by atomic mass is 35.5. The minimum Gasteiger partial charge on any atom is -0.329 e. The number of halogens is 1. The Bertz CT molecular complexity index is 915. The molecule has 0 radical (unpaired) electrons. The summed E-state index contributed by atoms with van der Waals surface area (Å²) in [7, 11) is 0. The van der Waals surface area contributed by atoms with Gasteiger partial charge >= 0.3 is 0 Å². The average molecular weight is 300 g/mol. The summed E-state index contributed by atoms with van der Waals surface area (Å²) in [6.45, 7) is 1.95. The van der Waals surface area contributed by atoms with E-state index in [9.17, 15) is 5.26 Å². The first-order valence-corrected chi connectivity index (χ1v) is 6.81. The number of nitriles is 1. The third kappa shape index (κ3) is 1.83. The van der Waals surface area contributed by atoms with E-state index in [1.807, 2.05) is 41.8 Å². The van der Waals surface area contributed by atoms with Crippen molar-refractivity contribution < 1.29 is 0 Å². The maximum Gasteiger partial charge on any atom is 0.182 e. The van der Waals surface area contributed by atoms with Crippen molar-refractivity contribution in [3.63, 3.8) is 0 Å². The molecule has 20 heavy (non-hydrogen) atoms. The Hall–Kier alpha value is -2.09. The lowest BCUT2D eigenvalue weighted by Crippen LogP contribution is -1.97. The third-order valence-corrected chi connectivity index (χ3v) is 4.01. The molecule has 0 amide bonds. The molecule has 3 aromatic rings. The fourth-order valence-corrected chi connectivity index (χ4v) is 2.77. The maximum absolute atomic E-state index is 9.17. The van der Waals surface area contributed by atoms with Crippen LogP contribution in [0.1, 0.15) is 11.1 Å². The van der Waals surface area contributed by atoms with E-state index >= 15 is 0 Å². The van der Waals surface area contributed by atoms with Gasteiger partial charge in [-0.15, -0.1) is 0 Å². The van der Waals surface area contributed by atoms with Crippen molar-refractivity contribution in [3.8, 4) is 11.8 Å². The zero-order chi connectivity index (χ0) is 14.3. The Labute approximate surface area is 126 Å². The lowest BCUT2D eigenvalue weighted by molar-refractivity contribution is 1.05. The second kappa shape index (κ2) is 4.78. The number of nitrogens with one attached hydrogen (secondary N) is 1. The maximum atomic E-state index is 9.17. The molecule has 0 spiro atoms. The van der Waals surface area contributed by atoms with Crippen LogP contribution in [0.5, 0.6) is 0 Å². The number of hydrogen-bond donors (Lipinski definition) is 1. The Kier molecular flexibility index (Phi) is 3.09. The molecular weight excluding hydrogens is 290 g/mol. The van der Waals surface area contributed by atoms with Crippen molar-refractivity contribution in [1.29, 1.82) is 5.26 Å². The van der Waals surface area contributed by atoms with Crippen LogP contribution in [0.2, 0.25) is 5.02 Å². The highest BCUT2D eigenvalue weighted by Crippen LogP contribution is 2.27. The van der Waals surface area contributed by atoms with Crippen LogP contribution in [-0.4, -0.2) is 9.55 Å². The van der Waals surface area contributed by atoms with Gasteiger partial charge in [0, 0.05) is 5.02 Å². The monoisotopic (exact) mass is 299 g/mol. The molecule has 1 N–H and O–H groups in total. The van der Waals surface area contributed by atoms with Crippen molar-refractivity contribution in [2.24, 2.45) is 0 Å². The Morgan fingerprint density at radius 1 is 1.25 bits per heavy atom. The number of hydrogen-bond acceptors (Lipinski definition) is 2. The average Bonchev–Trinajstić information content (AvgIpc) is 2.78. The normalized spacial score (nSPS) is 10.7. The van der Waals surface area contributed by atoms with Gasteiger partial charge in [-0.2, -0.15) is 5.26 Å². The Morgan fingerprint density at radius 2 is 2.00 bits per heavy atom. The largest absolute Gasteiger partial charge is 0.329 e. The van der Waals surface area contributed by atoms with Crippen molar-refractivity contribution in [1.82, 2.24) is 9.55 Å². The van der Waals surface area contributed by atoms with Gasteiger partial charge in [-0.25, -0.2) is 0 Å². The first-order valence-electron chi connectivity index (χ1n) is 6.03. The molecule has 2 aromatic carbocycles. The molecule has 5 heteroatoms. The van der Waals surface area contributed by atoms with Crippen LogP contribution in [0.25, 0.3) is 16.7 Å². The highest BCUT2D eigenvalue weighted by molar-refractivity contribution is 7.71. The van der Waals surface area contributed by atoms with Crippen LogP contribution in [0.4, 0.5) is 0 Å². The molecule has 0 aliphatic rings. The van der Waals surface area contributed by atoms with Gasteiger partial charge in [-0.1, -0.05) is 23.7 Å². The SMILES string of the molecule is Cc1c(Cl)cccc1-n1c(=S)[nH]c2c(C#N)cccc21. The van der Waals surface area contributed by atoms with E-state index < -0.39 is 0 Å².